The van der Waals surface area contributed by atoms with Crippen molar-refractivity contribution in [2.75, 3.05) is 26.7 Å². The largest absolute Gasteiger partial charge is 0.358 e. The lowest BCUT2D eigenvalue weighted by molar-refractivity contribution is -0.127. The van der Waals surface area contributed by atoms with Crippen LogP contribution in [-0.2, 0) is 11.3 Å². The van der Waals surface area contributed by atoms with Gasteiger partial charge in [0.25, 0.3) is 5.91 Å². The number of likely N-dealkylation sites (tertiary alicyclic amines) is 2. The second-order valence-corrected chi connectivity index (χ2v) is 6.79. The summed E-state index contributed by atoms with van der Waals surface area (Å²) in [6, 6.07) is 7.87. The summed E-state index contributed by atoms with van der Waals surface area (Å²) < 4.78 is 0. The number of carbonyl (C=O) groups is 2. The molecule has 0 spiro atoms. The van der Waals surface area contributed by atoms with Crippen LogP contribution in [0.5, 0.6) is 0 Å². The molecule has 3 rings (SSSR count). The van der Waals surface area contributed by atoms with Crippen molar-refractivity contribution in [2.45, 2.75) is 44.7 Å². The van der Waals surface area contributed by atoms with E-state index in [9.17, 15) is 9.59 Å². The molecule has 2 aliphatic heterocycles. The monoisotopic (exact) mass is 329 g/mol. The lowest BCUT2D eigenvalue weighted by Crippen LogP contribution is -2.48. The number of benzene rings is 1. The van der Waals surface area contributed by atoms with Crippen LogP contribution in [0.15, 0.2) is 24.3 Å². The molecule has 0 unspecified atom stereocenters. The number of likely N-dealkylation sites (N-methyl/N-ethyl adjacent to an activating group) is 1. The summed E-state index contributed by atoms with van der Waals surface area (Å²) in [6.45, 7) is 3.47. The minimum absolute atomic E-state index is 0.0327. The molecule has 0 radical (unpaired) electrons. The molecule has 2 aliphatic rings. The van der Waals surface area contributed by atoms with Crippen molar-refractivity contribution >= 4 is 11.8 Å². The number of hydrogen-bond acceptors (Lipinski definition) is 3. The van der Waals surface area contributed by atoms with E-state index in [1.165, 1.54) is 0 Å². The molecule has 0 saturated carbocycles. The molecule has 1 atom stereocenters. The van der Waals surface area contributed by atoms with Gasteiger partial charge in [-0.15, -0.1) is 0 Å². The summed E-state index contributed by atoms with van der Waals surface area (Å²) in [5.41, 5.74) is 1.92. The predicted molar refractivity (Wildman–Crippen MR) is 93.7 cm³/mol. The smallest absolute Gasteiger partial charge is 0.253 e. The summed E-state index contributed by atoms with van der Waals surface area (Å²) in [4.78, 5) is 28.6. The Morgan fingerprint density at radius 3 is 2.38 bits per heavy atom. The van der Waals surface area contributed by atoms with Gasteiger partial charge in [-0.05, 0) is 49.9 Å². The van der Waals surface area contributed by atoms with E-state index >= 15 is 0 Å². The molecule has 2 amide bonds. The third kappa shape index (κ3) is 3.78. The van der Waals surface area contributed by atoms with Gasteiger partial charge in [0.05, 0.1) is 6.04 Å². The van der Waals surface area contributed by atoms with E-state index in [-0.39, 0.29) is 17.9 Å². The molecule has 2 fully saturated rings. The Kier molecular flexibility index (Phi) is 5.51. The quantitative estimate of drug-likeness (QED) is 0.919. The molecule has 5 nitrogen and oxygen atoms in total. The van der Waals surface area contributed by atoms with Gasteiger partial charge >= 0.3 is 0 Å². The van der Waals surface area contributed by atoms with E-state index in [0.29, 0.717) is 0 Å². The minimum atomic E-state index is -0.0327. The molecule has 2 heterocycles. The molecule has 24 heavy (non-hydrogen) atoms. The van der Waals surface area contributed by atoms with E-state index in [4.69, 9.17) is 0 Å². The number of carbonyl (C=O) groups excluding carboxylic acids is 2. The molecule has 2 saturated heterocycles. The van der Waals surface area contributed by atoms with Crippen molar-refractivity contribution in [1.29, 1.82) is 0 Å². The van der Waals surface area contributed by atoms with Gasteiger partial charge in [0.1, 0.15) is 0 Å². The molecule has 1 aromatic carbocycles. The average Bonchev–Trinajstić information content (AvgIpc) is 3.16. The number of nitrogens with zero attached hydrogens (tertiary/aromatic N) is 2. The number of nitrogens with one attached hydrogen (secondary N) is 1. The second-order valence-electron chi connectivity index (χ2n) is 6.79. The van der Waals surface area contributed by atoms with Crippen LogP contribution in [0, 0.1) is 0 Å². The molecule has 0 bridgehead atoms. The highest BCUT2D eigenvalue weighted by Crippen LogP contribution is 2.20. The number of rotatable bonds is 4. The van der Waals surface area contributed by atoms with Crippen LogP contribution < -0.4 is 5.32 Å². The Balaban J connectivity index is 1.64. The molecule has 130 valence electrons. The van der Waals surface area contributed by atoms with Gasteiger partial charge in [-0.2, -0.15) is 0 Å². The SMILES string of the molecule is CNC(=O)[C@@H]1CCCCN1Cc1ccc(C(=O)N2CCCC2)cc1. The maximum Gasteiger partial charge on any atom is 0.253 e. The zero-order valence-corrected chi connectivity index (χ0v) is 14.5. The van der Waals surface area contributed by atoms with Crippen molar-refractivity contribution in [3.63, 3.8) is 0 Å². The molecule has 0 aliphatic carbocycles. The Morgan fingerprint density at radius 2 is 1.71 bits per heavy atom. The topological polar surface area (TPSA) is 52.7 Å². The van der Waals surface area contributed by atoms with E-state index in [1.54, 1.807) is 7.05 Å². The van der Waals surface area contributed by atoms with Gasteiger partial charge in [-0.25, -0.2) is 0 Å². The first kappa shape index (κ1) is 17.0. The van der Waals surface area contributed by atoms with Crippen molar-refractivity contribution in [2.24, 2.45) is 0 Å². The molecule has 1 N–H and O–H groups in total. The maximum atomic E-state index is 12.4. The van der Waals surface area contributed by atoms with Crippen LogP contribution >= 0.6 is 0 Å². The molecule has 0 aromatic heterocycles. The van der Waals surface area contributed by atoms with E-state index < -0.39 is 0 Å². The highest BCUT2D eigenvalue weighted by atomic mass is 16.2. The highest BCUT2D eigenvalue weighted by Gasteiger charge is 2.28. The standard InChI is InChI=1S/C19H27N3O2/c1-20-18(23)17-6-2-3-13-22(17)14-15-7-9-16(10-8-15)19(24)21-11-4-5-12-21/h7-10,17H,2-6,11-14H2,1H3,(H,20,23)/t17-/m0/s1. The van der Waals surface area contributed by atoms with Crippen molar-refractivity contribution < 1.29 is 9.59 Å². The van der Waals surface area contributed by atoms with Gasteiger partial charge in [-0.3, -0.25) is 14.5 Å². The zero-order chi connectivity index (χ0) is 16.9. The van der Waals surface area contributed by atoms with Crippen LogP contribution in [0.2, 0.25) is 0 Å². The van der Waals surface area contributed by atoms with Crippen LogP contribution in [0.25, 0.3) is 0 Å². The van der Waals surface area contributed by atoms with E-state index in [0.717, 1.165) is 69.4 Å². The van der Waals surface area contributed by atoms with Crippen molar-refractivity contribution in [3.8, 4) is 0 Å². The summed E-state index contributed by atoms with van der Waals surface area (Å²) in [6.07, 6.45) is 5.39. The van der Waals surface area contributed by atoms with Crippen molar-refractivity contribution in [3.05, 3.63) is 35.4 Å². The lowest BCUT2D eigenvalue weighted by atomic mass is 10.00. The van der Waals surface area contributed by atoms with Crippen LogP contribution in [0.1, 0.15) is 48.0 Å². The zero-order valence-electron chi connectivity index (χ0n) is 14.5. The second kappa shape index (κ2) is 7.79. The fourth-order valence-corrected chi connectivity index (χ4v) is 3.73. The summed E-state index contributed by atoms with van der Waals surface area (Å²) >= 11 is 0. The Morgan fingerprint density at radius 1 is 1.04 bits per heavy atom. The Labute approximate surface area is 144 Å². The van der Waals surface area contributed by atoms with Crippen molar-refractivity contribution in [1.82, 2.24) is 15.1 Å². The Bertz CT molecular complexity index is 579. The van der Waals surface area contributed by atoms with Gasteiger partial charge < -0.3 is 10.2 Å². The fraction of sp³-hybridized carbons (Fsp3) is 0.579. The molecular formula is C19H27N3O2. The van der Waals surface area contributed by atoms with E-state index in [1.807, 2.05) is 29.2 Å². The minimum Gasteiger partial charge on any atom is -0.358 e. The first-order valence-corrected chi connectivity index (χ1v) is 9.03. The Hall–Kier alpha value is -1.88. The van der Waals surface area contributed by atoms with Crippen LogP contribution in [0.4, 0.5) is 0 Å². The number of hydrogen-bond donors (Lipinski definition) is 1. The summed E-state index contributed by atoms with van der Waals surface area (Å²) in [7, 11) is 1.70. The average molecular weight is 329 g/mol. The lowest BCUT2D eigenvalue weighted by Gasteiger charge is -2.34. The molecular weight excluding hydrogens is 302 g/mol. The predicted octanol–water partition coefficient (Wildman–Crippen LogP) is 2.02. The third-order valence-electron chi connectivity index (χ3n) is 5.14. The number of amides is 2. The fourth-order valence-electron chi connectivity index (χ4n) is 3.73. The van der Waals surface area contributed by atoms with Gasteiger partial charge in [0, 0.05) is 32.2 Å². The molecule has 1 aromatic rings. The number of piperidine rings is 1. The van der Waals surface area contributed by atoms with Crippen LogP contribution in [0.3, 0.4) is 0 Å². The maximum absolute atomic E-state index is 12.4. The normalized spacial score (nSPS) is 21.7. The summed E-state index contributed by atoms with van der Waals surface area (Å²) in [5.74, 6) is 0.246. The van der Waals surface area contributed by atoms with Gasteiger partial charge in [0.15, 0.2) is 0 Å². The van der Waals surface area contributed by atoms with E-state index in [2.05, 4.69) is 10.2 Å². The van der Waals surface area contributed by atoms with Crippen LogP contribution in [-0.4, -0.2) is 54.3 Å². The van der Waals surface area contributed by atoms with Gasteiger partial charge in [-0.1, -0.05) is 18.6 Å². The first-order valence-electron chi connectivity index (χ1n) is 9.03. The highest BCUT2D eigenvalue weighted by molar-refractivity contribution is 5.94. The summed E-state index contributed by atoms with van der Waals surface area (Å²) in [5, 5.41) is 2.77. The third-order valence-corrected chi connectivity index (χ3v) is 5.14. The molecule has 5 heteroatoms. The first-order chi connectivity index (χ1) is 11.7. The van der Waals surface area contributed by atoms with Gasteiger partial charge in [0.2, 0.25) is 5.91 Å².